The van der Waals surface area contributed by atoms with Crippen molar-refractivity contribution in [1.82, 2.24) is 4.90 Å². The van der Waals surface area contributed by atoms with Gasteiger partial charge in [0.15, 0.2) is 5.78 Å². The Bertz CT molecular complexity index is 441. The van der Waals surface area contributed by atoms with Crippen molar-refractivity contribution in [2.45, 2.75) is 26.2 Å². The van der Waals surface area contributed by atoms with E-state index in [1.54, 1.807) is 0 Å². The largest absolute Gasteiger partial charge is 0.493 e. The van der Waals surface area contributed by atoms with Gasteiger partial charge in [-0.05, 0) is 31.5 Å². The first-order valence-corrected chi connectivity index (χ1v) is 7.86. The van der Waals surface area contributed by atoms with E-state index in [0.29, 0.717) is 18.6 Å². The normalized spacial score (nSPS) is 15.9. The Hall–Kier alpha value is -1.39. The molecule has 2 rings (SSSR count). The van der Waals surface area contributed by atoms with Gasteiger partial charge < -0.3 is 9.47 Å². The molecule has 1 aromatic rings. The van der Waals surface area contributed by atoms with Gasteiger partial charge in [0.05, 0.1) is 25.4 Å². The molecule has 0 aromatic heterocycles. The summed E-state index contributed by atoms with van der Waals surface area (Å²) < 4.78 is 11.1. The lowest BCUT2D eigenvalue weighted by atomic mass is 10.1. The molecule has 0 saturated carbocycles. The first-order valence-electron chi connectivity index (χ1n) is 7.86. The highest BCUT2D eigenvalue weighted by Crippen LogP contribution is 2.19. The molecule has 1 aliphatic heterocycles. The highest BCUT2D eigenvalue weighted by molar-refractivity contribution is 5.98. The Kier molecular flexibility index (Phi) is 6.70. The van der Waals surface area contributed by atoms with E-state index >= 15 is 0 Å². The molecule has 0 unspecified atom stereocenters. The zero-order valence-electron chi connectivity index (χ0n) is 12.8. The van der Waals surface area contributed by atoms with Crippen molar-refractivity contribution in [3.8, 4) is 5.75 Å². The molecule has 4 heteroatoms. The minimum Gasteiger partial charge on any atom is -0.493 e. The number of ether oxygens (including phenoxy) is 2. The van der Waals surface area contributed by atoms with Crippen LogP contribution in [0.15, 0.2) is 24.3 Å². The highest BCUT2D eigenvalue weighted by atomic mass is 16.5. The van der Waals surface area contributed by atoms with E-state index in [4.69, 9.17) is 9.47 Å². The standard InChI is InChI=1S/C17H25NO3/c1-2-16(19)15-7-3-4-8-17(15)21-12-6-5-9-18-10-13-20-14-11-18/h3-4,7-8H,2,5-6,9-14H2,1H3. The van der Waals surface area contributed by atoms with E-state index in [0.717, 1.165) is 51.4 Å². The van der Waals surface area contributed by atoms with Crippen molar-refractivity contribution in [3.63, 3.8) is 0 Å². The monoisotopic (exact) mass is 291 g/mol. The van der Waals surface area contributed by atoms with Crippen LogP contribution in [-0.4, -0.2) is 50.1 Å². The van der Waals surface area contributed by atoms with Crippen LogP contribution in [0.4, 0.5) is 0 Å². The summed E-state index contributed by atoms with van der Waals surface area (Å²) in [6.45, 7) is 7.41. The Labute approximate surface area is 127 Å². The molecule has 1 aromatic carbocycles. The Balaban J connectivity index is 1.69. The molecule has 0 atom stereocenters. The van der Waals surface area contributed by atoms with Crippen LogP contribution in [-0.2, 0) is 4.74 Å². The number of rotatable bonds is 8. The van der Waals surface area contributed by atoms with Gasteiger partial charge in [0.2, 0.25) is 0 Å². The second-order valence-electron chi connectivity index (χ2n) is 5.28. The lowest BCUT2D eigenvalue weighted by molar-refractivity contribution is 0.0368. The van der Waals surface area contributed by atoms with Gasteiger partial charge in [-0.3, -0.25) is 9.69 Å². The molecular weight excluding hydrogens is 266 g/mol. The smallest absolute Gasteiger partial charge is 0.166 e. The summed E-state index contributed by atoms with van der Waals surface area (Å²) in [4.78, 5) is 14.3. The van der Waals surface area contributed by atoms with Gasteiger partial charge in [0.25, 0.3) is 0 Å². The van der Waals surface area contributed by atoms with E-state index in [-0.39, 0.29) is 5.78 Å². The van der Waals surface area contributed by atoms with Crippen LogP contribution >= 0.6 is 0 Å². The molecule has 116 valence electrons. The van der Waals surface area contributed by atoms with Gasteiger partial charge in [-0.1, -0.05) is 19.1 Å². The van der Waals surface area contributed by atoms with Gasteiger partial charge in [-0.2, -0.15) is 0 Å². The van der Waals surface area contributed by atoms with E-state index in [1.165, 1.54) is 0 Å². The zero-order valence-corrected chi connectivity index (χ0v) is 12.8. The fourth-order valence-electron chi connectivity index (χ4n) is 2.46. The average Bonchev–Trinajstić information content (AvgIpc) is 2.55. The number of carbonyl (C=O) groups is 1. The van der Waals surface area contributed by atoms with Crippen LogP contribution < -0.4 is 4.74 Å². The topological polar surface area (TPSA) is 38.8 Å². The quantitative estimate of drug-likeness (QED) is 0.545. The molecular formula is C17H25NO3. The number of hydrogen-bond donors (Lipinski definition) is 0. The lowest BCUT2D eigenvalue weighted by Crippen LogP contribution is -2.36. The van der Waals surface area contributed by atoms with Gasteiger partial charge in [0, 0.05) is 19.5 Å². The maximum atomic E-state index is 11.8. The Morgan fingerprint density at radius 1 is 1.24 bits per heavy atom. The number of Topliss-reactive ketones (excluding diaryl/α,β-unsaturated/α-hetero) is 1. The van der Waals surface area contributed by atoms with Crippen molar-refractivity contribution >= 4 is 5.78 Å². The van der Waals surface area contributed by atoms with Crippen LogP contribution in [0.25, 0.3) is 0 Å². The summed E-state index contributed by atoms with van der Waals surface area (Å²) >= 11 is 0. The lowest BCUT2D eigenvalue weighted by Gasteiger charge is -2.26. The highest BCUT2D eigenvalue weighted by Gasteiger charge is 2.11. The number of hydrogen-bond acceptors (Lipinski definition) is 4. The number of ketones is 1. The van der Waals surface area contributed by atoms with Crippen LogP contribution in [0.5, 0.6) is 5.75 Å². The number of carbonyl (C=O) groups excluding carboxylic acids is 1. The van der Waals surface area contributed by atoms with Crippen molar-refractivity contribution in [3.05, 3.63) is 29.8 Å². The minimum absolute atomic E-state index is 0.138. The van der Waals surface area contributed by atoms with Crippen molar-refractivity contribution in [2.24, 2.45) is 0 Å². The van der Waals surface area contributed by atoms with Crippen LogP contribution in [0.1, 0.15) is 36.5 Å². The molecule has 1 fully saturated rings. The molecule has 0 bridgehead atoms. The molecule has 0 aliphatic carbocycles. The molecule has 0 amide bonds. The van der Waals surface area contributed by atoms with Gasteiger partial charge in [0.1, 0.15) is 5.75 Å². The van der Waals surface area contributed by atoms with Gasteiger partial charge in [-0.25, -0.2) is 0 Å². The van der Waals surface area contributed by atoms with Crippen LogP contribution in [0.2, 0.25) is 0 Å². The number of nitrogens with zero attached hydrogens (tertiary/aromatic N) is 1. The summed E-state index contributed by atoms with van der Waals surface area (Å²) in [6, 6.07) is 7.52. The maximum absolute atomic E-state index is 11.8. The summed E-state index contributed by atoms with van der Waals surface area (Å²) in [5.74, 6) is 0.856. The summed E-state index contributed by atoms with van der Waals surface area (Å²) in [5.41, 5.74) is 0.702. The third kappa shape index (κ3) is 5.14. The summed E-state index contributed by atoms with van der Waals surface area (Å²) in [7, 11) is 0. The van der Waals surface area contributed by atoms with Crippen LogP contribution in [0.3, 0.4) is 0 Å². The molecule has 1 heterocycles. The number of unbranched alkanes of at least 4 members (excludes halogenated alkanes) is 1. The fourth-order valence-corrected chi connectivity index (χ4v) is 2.46. The van der Waals surface area contributed by atoms with E-state index in [9.17, 15) is 4.79 Å². The number of para-hydroxylation sites is 1. The third-order valence-electron chi connectivity index (χ3n) is 3.74. The third-order valence-corrected chi connectivity index (χ3v) is 3.74. The second kappa shape index (κ2) is 8.80. The van der Waals surface area contributed by atoms with Crippen molar-refractivity contribution in [2.75, 3.05) is 39.5 Å². The summed E-state index contributed by atoms with van der Waals surface area (Å²) in [5, 5.41) is 0. The zero-order chi connectivity index (χ0) is 14.9. The predicted octanol–water partition coefficient (Wildman–Crippen LogP) is 2.77. The first-order chi connectivity index (χ1) is 10.3. The van der Waals surface area contributed by atoms with E-state index < -0.39 is 0 Å². The Morgan fingerprint density at radius 3 is 2.76 bits per heavy atom. The van der Waals surface area contributed by atoms with E-state index in [2.05, 4.69) is 4.90 Å². The Morgan fingerprint density at radius 2 is 2.00 bits per heavy atom. The molecule has 21 heavy (non-hydrogen) atoms. The van der Waals surface area contributed by atoms with Gasteiger partial charge >= 0.3 is 0 Å². The molecule has 0 spiro atoms. The fraction of sp³-hybridized carbons (Fsp3) is 0.588. The number of benzene rings is 1. The minimum atomic E-state index is 0.138. The second-order valence-corrected chi connectivity index (χ2v) is 5.28. The molecule has 0 N–H and O–H groups in total. The van der Waals surface area contributed by atoms with Crippen molar-refractivity contribution < 1.29 is 14.3 Å². The summed E-state index contributed by atoms with van der Waals surface area (Å²) in [6.07, 6.45) is 2.63. The maximum Gasteiger partial charge on any atom is 0.166 e. The first kappa shape index (κ1) is 16.0. The van der Waals surface area contributed by atoms with E-state index in [1.807, 2.05) is 31.2 Å². The SMILES string of the molecule is CCC(=O)c1ccccc1OCCCCN1CCOCC1. The average molecular weight is 291 g/mol. The molecule has 0 radical (unpaired) electrons. The van der Waals surface area contributed by atoms with Crippen molar-refractivity contribution in [1.29, 1.82) is 0 Å². The van der Waals surface area contributed by atoms with Gasteiger partial charge in [-0.15, -0.1) is 0 Å². The number of morpholine rings is 1. The molecule has 1 aliphatic rings. The molecule has 4 nitrogen and oxygen atoms in total. The molecule has 1 saturated heterocycles. The predicted molar refractivity (Wildman–Crippen MR) is 83.1 cm³/mol. The van der Waals surface area contributed by atoms with Crippen LogP contribution in [0, 0.1) is 0 Å².